The molecule has 0 radical (unpaired) electrons. The second kappa shape index (κ2) is 8.10. The van der Waals surface area contributed by atoms with Crippen molar-refractivity contribution in [2.24, 2.45) is 0 Å². The summed E-state index contributed by atoms with van der Waals surface area (Å²) in [5.74, 6) is -0.965. The maximum absolute atomic E-state index is 13.1. The lowest BCUT2D eigenvalue weighted by Crippen LogP contribution is -2.30. The fourth-order valence-corrected chi connectivity index (χ4v) is 1.98. The Bertz CT molecular complexity index is 732. The number of hydrogen-bond acceptors (Lipinski definition) is 4. The average molecular weight is 331 g/mol. The van der Waals surface area contributed by atoms with Crippen LogP contribution in [0.3, 0.4) is 0 Å². The van der Waals surface area contributed by atoms with Crippen molar-refractivity contribution in [2.75, 3.05) is 11.9 Å². The number of halogens is 1. The third-order valence-corrected chi connectivity index (χ3v) is 3.12. The van der Waals surface area contributed by atoms with E-state index in [1.807, 2.05) is 0 Å². The van der Waals surface area contributed by atoms with E-state index in [-0.39, 0.29) is 6.61 Å². The number of hydrogen-bond donors (Lipinski definition) is 1. The normalized spacial score (nSPS) is 11.5. The summed E-state index contributed by atoms with van der Waals surface area (Å²) in [5, 5.41) is 2.56. The Morgan fingerprint density at radius 2 is 1.92 bits per heavy atom. The van der Waals surface area contributed by atoms with Gasteiger partial charge in [0.05, 0.1) is 12.2 Å². The van der Waals surface area contributed by atoms with Crippen molar-refractivity contribution in [1.82, 2.24) is 0 Å². The molecule has 126 valence electrons. The van der Waals surface area contributed by atoms with E-state index in [1.165, 1.54) is 24.3 Å². The first-order chi connectivity index (χ1) is 11.5. The van der Waals surface area contributed by atoms with Crippen molar-refractivity contribution in [3.05, 3.63) is 59.9 Å². The van der Waals surface area contributed by atoms with Gasteiger partial charge in [-0.3, -0.25) is 4.79 Å². The fraction of sp³-hybridized carbons (Fsp3) is 0.222. The summed E-state index contributed by atoms with van der Waals surface area (Å²) in [7, 11) is 0. The van der Waals surface area contributed by atoms with Crippen LogP contribution in [-0.2, 0) is 9.53 Å². The minimum atomic E-state index is -0.828. The maximum atomic E-state index is 13.1. The summed E-state index contributed by atoms with van der Waals surface area (Å²) in [6.45, 7) is 3.55. The highest BCUT2D eigenvalue weighted by molar-refractivity contribution is 5.94. The first kappa shape index (κ1) is 17.5. The molecule has 1 N–H and O–H groups in total. The summed E-state index contributed by atoms with van der Waals surface area (Å²) in [6.07, 6.45) is -0.828. The van der Waals surface area contributed by atoms with Crippen LogP contribution in [0.4, 0.5) is 10.1 Å². The van der Waals surface area contributed by atoms with Gasteiger partial charge in [-0.05, 0) is 50.2 Å². The zero-order chi connectivity index (χ0) is 17.5. The van der Waals surface area contributed by atoms with Gasteiger partial charge in [0.2, 0.25) is 0 Å². The van der Waals surface area contributed by atoms with Crippen molar-refractivity contribution in [1.29, 1.82) is 0 Å². The fourth-order valence-electron chi connectivity index (χ4n) is 1.98. The number of rotatable bonds is 6. The highest BCUT2D eigenvalue weighted by Crippen LogP contribution is 2.17. The first-order valence-corrected chi connectivity index (χ1v) is 7.50. The average Bonchev–Trinajstić information content (AvgIpc) is 2.55. The van der Waals surface area contributed by atoms with E-state index in [1.54, 1.807) is 38.1 Å². The lowest BCUT2D eigenvalue weighted by Gasteiger charge is -2.15. The van der Waals surface area contributed by atoms with Crippen molar-refractivity contribution in [3.63, 3.8) is 0 Å². The predicted molar refractivity (Wildman–Crippen MR) is 87.5 cm³/mol. The molecule has 0 spiro atoms. The lowest BCUT2D eigenvalue weighted by atomic mass is 10.2. The molecule has 2 rings (SSSR count). The van der Waals surface area contributed by atoms with Gasteiger partial charge < -0.3 is 14.8 Å². The number of esters is 1. The van der Waals surface area contributed by atoms with E-state index < -0.39 is 23.8 Å². The van der Waals surface area contributed by atoms with Crippen molar-refractivity contribution in [2.45, 2.75) is 20.0 Å². The summed E-state index contributed by atoms with van der Waals surface area (Å²) in [4.78, 5) is 23.8. The van der Waals surface area contributed by atoms with Crippen LogP contribution >= 0.6 is 0 Å². The number of anilines is 1. The van der Waals surface area contributed by atoms with Crippen LogP contribution in [-0.4, -0.2) is 24.6 Å². The van der Waals surface area contributed by atoms with Crippen LogP contribution in [0.5, 0.6) is 5.75 Å². The van der Waals surface area contributed by atoms with Gasteiger partial charge in [-0.15, -0.1) is 0 Å². The van der Waals surface area contributed by atoms with Crippen LogP contribution in [0.1, 0.15) is 24.2 Å². The topological polar surface area (TPSA) is 64.6 Å². The molecule has 24 heavy (non-hydrogen) atoms. The maximum Gasteiger partial charge on any atom is 0.338 e. The zero-order valence-corrected chi connectivity index (χ0v) is 13.4. The van der Waals surface area contributed by atoms with E-state index in [0.717, 1.165) is 0 Å². The van der Waals surface area contributed by atoms with Crippen LogP contribution in [0.2, 0.25) is 0 Å². The van der Waals surface area contributed by atoms with Gasteiger partial charge in [-0.1, -0.05) is 12.1 Å². The van der Waals surface area contributed by atoms with Crippen molar-refractivity contribution >= 4 is 17.6 Å². The Hall–Kier alpha value is -2.89. The van der Waals surface area contributed by atoms with Crippen molar-refractivity contribution < 1.29 is 23.5 Å². The summed E-state index contributed by atoms with van der Waals surface area (Å²) in [6, 6.07) is 12.0. The van der Waals surface area contributed by atoms with E-state index in [0.29, 0.717) is 17.0 Å². The number of carbonyl (C=O) groups is 2. The quantitative estimate of drug-likeness (QED) is 0.824. The van der Waals surface area contributed by atoms with Gasteiger partial charge in [-0.2, -0.15) is 0 Å². The summed E-state index contributed by atoms with van der Waals surface area (Å²) < 4.78 is 23.6. The summed E-state index contributed by atoms with van der Waals surface area (Å²) in [5.41, 5.74) is 0.683. The molecule has 5 nitrogen and oxygen atoms in total. The molecule has 0 aliphatic heterocycles. The van der Waals surface area contributed by atoms with Gasteiger partial charge in [0.25, 0.3) is 5.91 Å². The molecular weight excluding hydrogens is 313 g/mol. The molecule has 0 unspecified atom stereocenters. The minimum absolute atomic E-state index is 0.274. The molecule has 2 aromatic rings. The third kappa shape index (κ3) is 4.81. The Morgan fingerprint density at radius 1 is 1.17 bits per heavy atom. The minimum Gasteiger partial charge on any atom is -0.481 e. The van der Waals surface area contributed by atoms with Gasteiger partial charge in [0, 0.05) is 5.69 Å². The Morgan fingerprint density at radius 3 is 2.62 bits per heavy atom. The summed E-state index contributed by atoms with van der Waals surface area (Å²) >= 11 is 0. The third-order valence-electron chi connectivity index (χ3n) is 3.12. The van der Waals surface area contributed by atoms with Gasteiger partial charge in [0.1, 0.15) is 11.6 Å². The molecular formula is C18H18FNO4. The Labute approximate surface area is 139 Å². The number of nitrogens with one attached hydrogen (secondary N) is 1. The smallest absolute Gasteiger partial charge is 0.338 e. The van der Waals surface area contributed by atoms with E-state index in [4.69, 9.17) is 9.47 Å². The molecule has 2 aromatic carbocycles. The SMILES string of the molecule is CCOC(=O)c1cccc(O[C@@H](C)C(=O)Nc2cccc(F)c2)c1. The number of amides is 1. The monoisotopic (exact) mass is 331 g/mol. The molecule has 0 saturated carbocycles. The largest absolute Gasteiger partial charge is 0.481 e. The molecule has 1 amide bonds. The van der Waals surface area contributed by atoms with E-state index in [9.17, 15) is 14.0 Å². The highest BCUT2D eigenvalue weighted by atomic mass is 19.1. The molecule has 0 aliphatic carbocycles. The van der Waals surface area contributed by atoms with Crippen LogP contribution < -0.4 is 10.1 Å². The molecule has 6 heteroatoms. The zero-order valence-electron chi connectivity index (χ0n) is 13.4. The van der Waals surface area contributed by atoms with Gasteiger partial charge >= 0.3 is 5.97 Å². The number of benzene rings is 2. The lowest BCUT2D eigenvalue weighted by molar-refractivity contribution is -0.122. The molecule has 0 bridgehead atoms. The Kier molecular flexibility index (Phi) is 5.89. The number of carbonyl (C=O) groups excluding carboxylic acids is 2. The second-order valence-corrected chi connectivity index (χ2v) is 5.01. The van der Waals surface area contributed by atoms with E-state index >= 15 is 0 Å². The van der Waals surface area contributed by atoms with Gasteiger partial charge in [0.15, 0.2) is 6.10 Å². The van der Waals surface area contributed by atoms with Gasteiger partial charge in [-0.25, -0.2) is 9.18 Å². The molecule has 0 aliphatic rings. The van der Waals surface area contributed by atoms with E-state index in [2.05, 4.69) is 5.32 Å². The molecule has 0 fully saturated rings. The number of ether oxygens (including phenoxy) is 2. The molecule has 0 saturated heterocycles. The van der Waals surface area contributed by atoms with Crippen molar-refractivity contribution in [3.8, 4) is 5.75 Å². The first-order valence-electron chi connectivity index (χ1n) is 7.50. The molecule has 0 aromatic heterocycles. The predicted octanol–water partition coefficient (Wildman–Crippen LogP) is 3.41. The Balaban J connectivity index is 2.01. The highest BCUT2D eigenvalue weighted by Gasteiger charge is 2.16. The second-order valence-electron chi connectivity index (χ2n) is 5.01. The molecule has 0 heterocycles. The van der Waals surface area contributed by atoms with Crippen LogP contribution in [0.25, 0.3) is 0 Å². The standard InChI is InChI=1S/C18H18FNO4/c1-3-23-18(22)13-6-4-9-16(10-13)24-12(2)17(21)20-15-8-5-7-14(19)11-15/h4-12H,3H2,1-2H3,(H,20,21)/t12-/m0/s1. The molecule has 1 atom stereocenters. The van der Waals surface area contributed by atoms with Crippen LogP contribution in [0.15, 0.2) is 48.5 Å². The van der Waals surface area contributed by atoms with Crippen LogP contribution in [0, 0.1) is 5.82 Å².